The van der Waals surface area contributed by atoms with Gasteiger partial charge in [-0.3, -0.25) is 14.4 Å². The van der Waals surface area contributed by atoms with Gasteiger partial charge in [-0.05, 0) is 91.9 Å². The number of carboxylic acid groups (broad SMARTS) is 1. The first-order valence-electron chi connectivity index (χ1n) is 18.8. The standard InChI is InChI=1S/C38H53NO15/c1-17-29(39-18(2)40)33(53-37-32(46)31(45)34(49-4)35(54-37)36(47)48)30(44)25(51-17)16-50-27(42)11-12-28(43)52-20-6-8-21-19(15-20)5-7-23-22(21)13-14-38(3)24(23)9-10-26(38)41/h6,8,15,17,22-26,29-35,37,41,44-46H,5,7,9-14,16H2,1-4H3,(H,39,40)(H,47,48)/t17?,22-,23-,24+,25?,26+,29?,30?,31?,32?,33?,34?,35?,37?,38+/m1/s1. The summed E-state index contributed by atoms with van der Waals surface area (Å²) >= 11 is 0. The van der Waals surface area contributed by atoms with Gasteiger partial charge in [-0.25, -0.2) is 4.79 Å². The predicted octanol–water partition coefficient (Wildman–Crippen LogP) is 0.717. The van der Waals surface area contributed by atoms with Gasteiger partial charge in [0, 0.05) is 14.0 Å². The van der Waals surface area contributed by atoms with Crippen molar-refractivity contribution >= 4 is 23.8 Å². The highest BCUT2D eigenvalue weighted by atomic mass is 16.7. The Bertz CT molecular complexity index is 1560. The Labute approximate surface area is 313 Å². The molecule has 1 amide bonds. The Kier molecular flexibility index (Phi) is 12.3. The van der Waals surface area contributed by atoms with Gasteiger partial charge in [-0.1, -0.05) is 13.0 Å². The van der Waals surface area contributed by atoms with Crippen molar-refractivity contribution < 1.29 is 73.1 Å². The van der Waals surface area contributed by atoms with Crippen molar-refractivity contribution in [3.8, 4) is 5.75 Å². The summed E-state index contributed by atoms with van der Waals surface area (Å²) in [4.78, 5) is 49.3. The molecule has 2 aliphatic heterocycles. The Morgan fingerprint density at radius 2 is 1.69 bits per heavy atom. The molecule has 3 aliphatic carbocycles. The van der Waals surface area contributed by atoms with E-state index in [9.17, 15) is 44.7 Å². The average molecular weight is 764 g/mol. The molecule has 2 saturated carbocycles. The second-order valence-corrected chi connectivity index (χ2v) is 15.7. The first-order valence-corrected chi connectivity index (χ1v) is 18.8. The molecular weight excluding hydrogens is 710 g/mol. The zero-order valence-corrected chi connectivity index (χ0v) is 31.0. The van der Waals surface area contributed by atoms with E-state index in [-0.39, 0.29) is 24.4 Å². The lowest BCUT2D eigenvalue weighted by Gasteiger charge is -2.50. The van der Waals surface area contributed by atoms with E-state index in [0.717, 1.165) is 51.2 Å². The minimum absolute atomic E-state index is 0.00526. The first-order chi connectivity index (χ1) is 25.6. The molecule has 16 nitrogen and oxygen atoms in total. The molecule has 4 fully saturated rings. The number of aliphatic hydroxyl groups excluding tert-OH is 4. The molecule has 0 radical (unpaired) electrons. The normalized spacial score (nSPS) is 40.1. The van der Waals surface area contributed by atoms with Gasteiger partial charge in [0.25, 0.3) is 0 Å². The highest BCUT2D eigenvalue weighted by Crippen LogP contribution is 2.61. The number of aliphatic hydroxyl groups is 4. The van der Waals surface area contributed by atoms with Crippen LogP contribution in [0.1, 0.15) is 82.8 Å². The van der Waals surface area contributed by atoms with Gasteiger partial charge in [-0.15, -0.1) is 0 Å². The molecule has 0 aromatic heterocycles. The number of carbonyl (C=O) groups excluding carboxylic acids is 3. The van der Waals surface area contributed by atoms with Crippen LogP contribution >= 0.6 is 0 Å². The number of hydrogen-bond donors (Lipinski definition) is 6. The number of benzene rings is 1. The lowest BCUT2D eigenvalue weighted by atomic mass is 9.55. The number of carboxylic acids is 1. The molecule has 2 heterocycles. The number of aliphatic carboxylic acids is 1. The zero-order valence-electron chi connectivity index (χ0n) is 31.0. The molecule has 300 valence electrons. The third-order valence-electron chi connectivity index (χ3n) is 12.5. The number of aryl methyl sites for hydroxylation is 1. The summed E-state index contributed by atoms with van der Waals surface area (Å²) in [5.74, 6) is -1.50. The van der Waals surface area contributed by atoms with Crippen LogP contribution in [0.4, 0.5) is 0 Å². The van der Waals surface area contributed by atoms with Crippen LogP contribution in [-0.2, 0) is 49.3 Å². The Hall–Kier alpha value is -3.22. The minimum atomic E-state index is -1.80. The lowest BCUT2D eigenvalue weighted by Crippen LogP contribution is -2.67. The smallest absolute Gasteiger partial charge is 0.335 e. The van der Waals surface area contributed by atoms with Crippen molar-refractivity contribution in [1.82, 2.24) is 5.32 Å². The molecule has 0 spiro atoms. The highest BCUT2D eigenvalue weighted by molar-refractivity contribution is 5.79. The maximum Gasteiger partial charge on any atom is 0.335 e. The van der Waals surface area contributed by atoms with Crippen LogP contribution in [0.15, 0.2) is 18.2 Å². The summed E-state index contributed by atoms with van der Waals surface area (Å²) in [6.07, 6.45) is -8.43. The number of amides is 1. The zero-order chi connectivity index (χ0) is 39.1. The summed E-state index contributed by atoms with van der Waals surface area (Å²) in [6, 6.07) is 4.72. The third kappa shape index (κ3) is 8.03. The fourth-order valence-electron chi connectivity index (χ4n) is 9.66. The number of carbonyl (C=O) groups is 4. The fourth-order valence-corrected chi connectivity index (χ4v) is 9.66. The molecule has 54 heavy (non-hydrogen) atoms. The number of nitrogens with one attached hydrogen (secondary N) is 1. The molecule has 10 unspecified atom stereocenters. The van der Waals surface area contributed by atoms with Crippen molar-refractivity contribution in [1.29, 1.82) is 0 Å². The van der Waals surface area contributed by atoms with Crippen LogP contribution in [-0.4, -0.2) is 130 Å². The van der Waals surface area contributed by atoms with Gasteiger partial charge in [0.2, 0.25) is 5.91 Å². The van der Waals surface area contributed by atoms with Crippen LogP contribution in [0.5, 0.6) is 5.75 Å². The van der Waals surface area contributed by atoms with E-state index in [1.165, 1.54) is 12.5 Å². The topological polar surface area (TPSA) is 237 Å². The predicted molar refractivity (Wildman–Crippen MR) is 185 cm³/mol. The van der Waals surface area contributed by atoms with Crippen molar-refractivity contribution in [3.05, 3.63) is 29.3 Å². The summed E-state index contributed by atoms with van der Waals surface area (Å²) in [5, 5.41) is 55.4. The lowest BCUT2D eigenvalue weighted by molar-refractivity contribution is -0.327. The van der Waals surface area contributed by atoms with E-state index in [1.807, 2.05) is 12.1 Å². The van der Waals surface area contributed by atoms with E-state index >= 15 is 0 Å². The molecule has 1 aromatic carbocycles. The van der Waals surface area contributed by atoms with E-state index in [0.29, 0.717) is 23.5 Å². The van der Waals surface area contributed by atoms with Crippen LogP contribution in [0.3, 0.4) is 0 Å². The summed E-state index contributed by atoms with van der Waals surface area (Å²) in [7, 11) is 1.14. The molecule has 1 aromatic rings. The molecule has 5 aliphatic rings. The van der Waals surface area contributed by atoms with Crippen LogP contribution < -0.4 is 10.1 Å². The van der Waals surface area contributed by atoms with Crippen molar-refractivity contribution in [3.63, 3.8) is 0 Å². The second kappa shape index (κ2) is 16.5. The number of methoxy groups -OCH3 is 1. The van der Waals surface area contributed by atoms with Gasteiger partial charge in [0.1, 0.15) is 49.0 Å². The highest BCUT2D eigenvalue weighted by Gasteiger charge is 2.55. The fraction of sp³-hybridized carbons (Fsp3) is 0.737. The van der Waals surface area contributed by atoms with Crippen LogP contribution in [0.25, 0.3) is 0 Å². The second-order valence-electron chi connectivity index (χ2n) is 15.7. The molecular formula is C38H53NO15. The minimum Gasteiger partial charge on any atom is -0.479 e. The number of hydrogen-bond acceptors (Lipinski definition) is 14. The monoisotopic (exact) mass is 763 g/mol. The molecule has 6 rings (SSSR count). The van der Waals surface area contributed by atoms with E-state index in [1.54, 1.807) is 13.0 Å². The Morgan fingerprint density at radius 3 is 2.39 bits per heavy atom. The molecule has 6 N–H and O–H groups in total. The SMILES string of the molecule is COC1C(C(=O)O)OC(OC2C(O)C(COC(=O)CCC(=O)Oc3ccc4c(c3)CC[C@@H]3[C@@H]4CC[C@]4(C)[C@@H](O)CC[C@@H]34)OC(C)C2NC(C)=O)C(O)C1O. The quantitative estimate of drug-likeness (QED) is 0.135. The number of fused-ring (bicyclic) bond motifs is 5. The number of rotatable bonds is 11. The van der Waals surface area contributed by atoms with Gasteiger partial charge in [-0.2, -0.15) is 0 Å². The first kappa shape index (κ1) is 40.4. The maximum atomic E-state index is 12.8. The summed E-state index contributed by atoms with van der Waals surface area (Å²) in [6.45, 7) is 4.56. The van der Waals surface area contributed by atoms with E-state index in [4.69, 9.17) is 28.4 Å². The number of ether oxygens (including phenoxy) is 6. The molecule has 15 atom stereocenters. The summed E-state index contributed by atoms with van der Waals surface area (Å²) < 4.78 is 33.0. The largest absolute Gasteiger partial charge is 0.479 e. The number of esters is 2. The van der Waals surface area contributed by atoms with Crippen molar-refractivity contribution in [2.45, 2.75) is 145 Å². The van der Waals surface area contributed by atoms with Crippen molar-refractivity contribution in [2.75, 3.05) is 13.7 Å². The van der Waals surface area contributed by atoms with E-state index in [2.05, 4.69) is 12.2 Å². The van der Waals surface area contributed by atoms with Crippen molar-refractivity contribution in [2.24, 2.45) is 17.3 Å². The van der Waals surface area contributed by atoms with Gasteiger partial charge in [0.15, 0.2) is 12.4 Å². The van der Waals surface area contributed by atoms with E-state index < -0.39 is 91.6 Å². The Morgan fingerprint density at radius 1 is 0.944 bits per heavy atom. The van der Waals surface area contributed by atoms with Gasteiger partial charge >= 0.3 is 17.9 Å². The van der Waals surface area contributed by atoms with Gasteiger partial charge < -0.3 is 59.3 Å². The molecule has 16 heteroatoms. The molecule has 2 saturated heterocycles. The average Bonchev–Trinajstić information content (AvgIpc) is 3.44. The summed E-state index contributed by atoms with van der Waals surface area (Å²) in [5.41, 5.74) is 2.45. The third-order valence-corrected chi connectivity index (χ3v) is 12.5. The van der Waals surface area contributed by atoms with Crippen LogP contribution in [0.2, 0.25) is 0 Å². The molecule has 0 bridgehead atoms. The Balaban J connectivity index is 1.01. The van der Waals surface area contributed by atoms with Gasteiger partial charge in [0.05, 0.1) is 31.1 Å². The maximum absolute atomic E-state index is 12.8. The van der Waals surface area contributed by atoms with Crippen LogP contribution in [0, 0.1) is 17.3 Å².